The monoisotopic (exact) mass is 428 g/mol. The number of anilines is 1. The lowest BCUT2D eigenvalue weighted by Crippen LogP contribution is -2.50. The number of nitrogens with zero attached hydrogens (tertiary/aromatic N) is 3. The van der Waals surface area contributed by atoms with E-state index < -0.39 is 0 Å². The van der Waals surface area contributed by atoms with Crippen molar-refractivity contribution in [3.05, 3.63) is 24.3 Å². The first-order chi connectivity index (χ1) is 14.8. The molecule has 3 aliphatic rings. The molecule has 2 aliphatic heterocycles. The maximum Gasteiger partial charge on any atom is 0.321 e. The predicted molar refractivity (Wildman–Crippen MR) is 121 cm³/mol. The topological polar surface area (TPSA) is 65.1 Å². The Morgan fingerprint density at radius 3 is 2.58 bits per heavy atom. The molecule has 1 aromatic rings. The highest BCUT2D eigenvalue weighted by atomic mass is 16.5. The SMILES string of the molecule is CCN1C[C@H]2C3(CCN(C(=O)Nc4cccc(OC)c4)CC3)CC[C@@]2(C(=O)N(C)C)C1. The number of nitrogens with one attached hydrogen (secondary N) is 1. The van der Waals surface area contributed by atoms with Gasteiger partial charge in [-0.3, -0.25) is 4.79 Å². The number of benzene rings is 1. The fraction of sp³-hybridized carbons (Fsp3) is 0.667. The number of carbonyl (C=O) groups excluding carboxylic acids is 2. The smallest absolute Gasteiger partial charge is 0.321 e. The second-order valence-corrected chi connectivity index (χ2v) is 9.75. The van der Waals surface area contributed by atoms with Crippen molar-refractivity contribution >= 4 is 17.6 Å². The Morgan fingerprint density at radius 2 is 1.94 bits per heavy atom. The van der Waals surface area contributed by atoms with E-state index in [2.05, 4.69) is 17.1 Å². The quantitative estimate of drug-likeness (QED) is 0.800. The van der Waals surface area contributed by atoms with E-state index in [4.69, 9.17) is 4.74 Å². The fourth-order valence-corrected chi connectivity index (χ4v) is 6.35. The molecule has 1 aliphatic carbocycles. The van der Waals surface area contributed by atoms with Crippen LogP contribution in [0.4, 0.5) is 10.5 Å². The summed E-state index contributed by atoms with van der Waals surface area (Å²) in [5.74, 6) is 1.41. The van der Waals surface area contributed by atoms with Gasteiger partial charge in [-0.05, 0) is 55.7 Å². The van der Waals surface area contributed by atoms with Gasteiger partial charge in [-0.1, -0.05) is 13.0 Å². The van der Waals surface area contributed by atoms with E-state index in [1.165, 1.54) is 0 Å². The van der Waals surface area contributed by atoms with Crippen molar-refractivity contribution < 1.29 is 14.3 Å². The number of urea groups is 1. The molecule has 31 heavy (non-hydrogen) atoms. The molecule has 2 atom stereocenters. The molecule has 0 radical (unpaired) electrons. The Kier molecular flexibility index (Phi) is 5.90. The van der Waals surface area contributed by atoms with E-state index in [1.807, 2.05) is 43.3 Å². The van der Waals surface area contributed by atoms with Gasteiger partial charge in [-0.2, -0.15) is 0 Å². The Hall–Kier alpha value is -2.28. The van der Waals surface area contributed by atoms with E-state index in [9.17, 15) is 9.59 Å². The predicted octanol–water partition coefficient (Wildman–Crippen LogP) is 3.13. The lowest BCUT2D eigenvalue weighted by atomic mass is 9.65. The first-order valence-electron chi connectivity index (χ1n) is 11.5. The molecule has 0 aromatic heterocycles. The first-order valence-corrected chi connectivity index (χ1v) is 11.5. The summed E-state index contributed by atoms with van der Waals surface area (Å²) in [6.45, 7) is 6.55. The van der Waals surface area contributed by atoms with Crippen molar-refractivity contribution in [1.82, 2.24) is 14.7 Å². The molecule has 0 unspecified atom stereocenters. The Bertz CT molecular complexity index is 834. The minimum Gasteiger partial charge on any atom is -0.497 e. The van der Waals surface area contributed by atoms with Crippen LogP contribution in [0.3, 0.4) is 0 Å². The number of rotatable bonds is 4. The number of ether oxygens (including phenoxy) is 1. The lowest BCUT2D eigenvalue weighted by Gasteiger charge is -2.44. The molecule has 1 aromatic carbocycles. The summed E-state index contributed by atoms with van der Waals surface area (Å²) in [6.07, 6.45) is 4.02. The molecule has 4 rings (SSSR count). The third kappa shape index (κ3) is 3.77. The number of carbonyl (C=O) groups is 2. The third-order valence-electron chi connectivity index (χ3n) is 8.07. The normalized spacial score (nSPS) is 27.2. The molecule has 0 bridgehead atoms. The highest BCUT2D eigenvalue weighted by Gasteiger charge is 2.64. The maximum absolute atomic E-state index is 13.3. The summed E-state index contributed by atoms with van der Waals surface area (Å²) < 4.78 is 5.25. The van der Waals surface area contributed by atoms with E-state index in [0.29, 0.717) is 11.8 Å². The van der Waals surface area contributed by atoms with Gasteiger partial charge in [0.2, 0.25) is 5.91 Å². The van der Waals surface area contributed by atoms with Gasteiger partial charge in [-0.25, -0.2) is 4.79 Å². The van der Waals surface area contributed by atoms with Crippen molar-refractivity contribution in [2.45, 2.75) is 32.6 Å². The Balaban J connectivity index is 1.44. The van der Waals surface area contributed by atoms with Crippen LogP contribution >= 0.6 is 0 Å². The summed E-state index contributed by atoms with van der Waals surface area (Å²) in [7, 11) is 5.40. The van der Waals surface area contributed by atoms with Crippen LogP contribution in [0.2, 0.25) is 0 Å². The van der Waals surface area contributed by atoms with Crippen LogP contribution in [-0.4, -0.2) is 80.6 Å². The van der Waals surface area contributed by atoms with Gasteiger partial charge in [0.25, 0.3) is 0 Å². The van der Waals surface area contributed by atoms with E-state index in [1.54, 1.807) is 12.0 Å². The molecule has 1 saturated carbocycles. The second kappa shape index (κ2) is 8.34. The molecular formula is C24H36N4O3. The lowest BCUT2D eigenvalue weighted by molar-refractivity contribution is -0.141. The summed E-state index contributed by atoms with van der Waals surface area (Å²) >= 11 is 0. The number of amides is 3. The molecule has 1 N–H and O–H groups in total. The first kappa shape index (κ1) is 21.9. The number of fused-ring (bicyclic) bond motifs is 2. The van der Waals surface area contributed by atoms with Gasteiger partial charge in [0.15, 0.2) is 0 Å². The average Bonchev–Trinajstić information content (AvgIpc) is 3.30. The van der Waals surface area contributed by atoms with Crippen LogP contribution in [0, 0.1) is 16.7 Å². The minimum atomic E-state index is -0.246. The van der Waals surface area contributed by atoms with E-state index in [-0.39, 0.29) is 16.9 Å². The van der Waals surface area contributed by atoms with Gasteiger partial charge in [-0.15, -0.1) is 0 Å². The van der Waals surface area contributed by atoms with Crippen LogP contribution in [-0.2, 0) is 4.79 Å². The summed E-state index contributed by atoms with van der Waals surface area (Å²) in [5, 5.41) is 3.01. The van der Waals surface area contributed by atoms with E-state index in [0.717, 1.165) is 69.8 Å². The summed E-state index contributed by atoms with van der Waals surface area (Å²) in [6, 6.07) is 7.39. The Labute approximate surface area is 185 Å². The molecule has 2 saturated heterocycles. The third-order valence-corrected chi connectivity index (χ3v) is 8.07. The number of likely N-dealkylation sites (tertiary alicyclic amines) is 2. The number of hydrogen-bond donors (Lipinski definition) is 1. The van der Waals surface area contributed by atoms with E-state index >= 15 is 0 Å². The average molecular weight is 429 g/mol. The van der Waals surface area contributed by atoms with Gasteiger partial charge < -0.3 is 24.8 Å². The van der Waals surface area contributed by atoms with Crippen molar-refractivity contribution in [3.8, 4) is 5.75 Å². The van der Waals surface area contributed by atoms with Crippen LogP contribution in [0.1, 0.15) is 32.6 Å². The van der Waals surface area contributed by atoms with Crippen LogP contribution < -0.4 is 10.1 Å². The van der Waals surface area contributed by atoms with Crippen LogP contribution in [0.25, 0.3) is 0 Å². The fourth-order valence-electron chi connectivity index (χ4n) is 6.35. The molecule has 1 spiro atoms. The number of piperidine rings is 1. The molecule has 3 fully saturated rings. The van der Waals surface area contributed by atoms with Gasteiger partial charge >= 0.3 is 6.03 Å². The molecule has 7 heteroatoms. The molecular weight excluding hydrogens is 392 g/mol. The molecule has 3 amide bonds. The van der Waals surface area contributed by atoms with Crippen molar-refractivity contribution in [2.24, 2.45) is 16.7 Å². The minimum absolute atomic E-state index is 0.0571. The van der Waals surface area contributed by atoms with Crippen LogP contribution in [0.15, 0.2) is 24.3 Å². The summed E-state index contributed by atoms with van der Waals surface area (Å²) in [4.78, 5) is 32.3. The largest absolute Gasteiger partial charge is 0.497 e. The number of hydrogen-bond acceptors (Lipinski definition) is 4. The standard InChI is InChI=1S/C24H36N4O3/c1-5-27-16-20-23(9-10-24(20,17-27)21(29)26(2)3)11-13-28(14-12-23)22(30)25-18-7-6-8-19(15-18)31-4/h6-8,15,20H,5,9-14,16-17H2,1-4H3,(H,25,30)/t20-,24+/m0/s1. The van der Waals surface area contributed by atoms with Gasteiger partial charge in [0.05, 0.1) is 12.5 Å². The van der Waals surface area contributed by atoms with Crippen molar-refractivity contribution in [3.63, 3.8) is 0 Å². The van der Waals surface area contributed by atoms with Gasteiger partial charge in [0, 0.05) is 52.0 Å². The molecule has 7 nitrogen and oxygen atoms in total. The highest BCUT2D eigenvalue weighted by Crippen LogP contribution is 2.62. The molecule has 170 valence electrons. The zero-order valence-electron chi connectivity index (χ0n) is 19.3. The number of methoxy groups -OCH3 is 1. The molecule has 2 heterocycles. The van der Waals surface area contributed by atoms with Crippen molar-refractivity contribution in [1.29, 1.82) is 0 Å². The summed E-state index contributed by atoms with van der Waals surface area (Å²) in [5.41, 5.74) is 0.669. The Morgan fingerprint density at radius 1 is 1.19 bits per heavy atom. The van der Waals surface area contributed by atoms with Gasteiger partial charge in [0.1, 0.15) is 5.75 Å². The maximum atomic E-state index is 13.3. The highest BCUT2D eigenvalue weighted by molar-refractivity contribution is 5.89. The van der Waals surface area contributed by atoms with Crippen molar-refractivity contribution in [2.75, 3.05) is 59.2 Å². The van der Waals surface area contributed by atoms with Crippen LogP contribution in [0.5, 0.6) is 5.75 Å². The second-order valence-electron chi connectivity index (χ2n) is 9.75. The zero-order valence-corrected chi connectivity index (χ0v) is 19.3. The zero-order chi connectivity index (χ0) is 22.2.